The molecule has 0 aliphatic carbocycles. The van der Waals surface area contributed by atoms with Crippen molar-refractivity contribution in [1.29, 1.82) is 0 Å². The molecule has 1 aliphatic heterocycles. The summed E-state index contributed by atoms with van der Waals surface area (Å²) in [6.45, 7) is 2.60. The van der Waals surface area contributed by atoms with Crippen molar-refractivity contribution in [1.82, 2.24) is 24.7 Å². The first kappa shape index (κ1) is 14.3. The zero-order valence-corrected chi connectivity index (χ0v) is 13.3. The Labute approximate surface area is 136 Å². The number of nitrogen functional groups attached to an aromatic ring is 1. The first-order valence-corrected chi connectivity index (χ1v) is 8.40. The van der Waals surface area contributed by atoms with E-state index in [0.717, 1.165) is 43.1 Å². The summed E-state index contributed by atoms with van der Waals surface area (Å²) in [5, 5.41) is 7.55. The van der Waals surface area contributed by atoms with E-state index in [9.17, 15) is 0 Å². The van der Waals surface area contributed by atoms with E-state index in [0.29, 0.717) is 23.2 Å². The second-order valence-corrected chi connectivity index (χ2v) is 6.40. The van der Waals surface area contributed by atoms with Crippen LogP contribution in [0.4, 0.5) is 17.5 Å². The van der Waals surface area contributed by atoms with E-state index in [1.165, 1.54) is 11.3 Å². The summed E-state index contributed by atoms with van der Waals surface area (Å²) >= 11 is 1.44. The fourth-order valence-electron chi connectivity index (χ4n) is 2.69. The van der Waals surface area contributed by atoms with Gasteiger partial charge in [-0.2, -0.15) is 15.1 Å². The van der Waals surface area contributed by atoms with E-state index >= 15 is 0 Å². The molecular formula is C14H17N7OS. The van der Waals surface area contributed by atoms with Gasteiger partial charge in [-0.1, -0.05) is 0 Å². The Balaban J connectivity index is 1.47. The maximum Gasteiger partial charge on any atom is 0.230 e. The molecule has 0 saturated carbocycles. The van der Waals surface area contributed by atoms with Crippen LogP contribution in [0.5, 0.6) is 0 Å². The topological polar surface area (TPSA) is 104 Å². The fraction of sp³-hybridized carbons (Fsp3) is 0.429. The Morgan fingerprint density at radius 3 is 3.09 bits per heavy atom. The molecule has 0 spiro atoms. The van der Waals surface area contributed by atoms with Gasteiger partial charge >= 0.3 is 0 Å². The van der Waals surface area contributed by atoms with E-state index in [2.05, 4.69) is 25.4 Å². The summed E-state index contributed by atoms with van der Waals surface area (Å²) in [6, 6.07) is 0. The molecule has 3 aromatic heterocycles. The molecule has 3 aromatic rings. The molecule has 3 N–H and O–H groups in total. The van der Waals surface area contributed by atoms with Crippen LogP contribution in [-0.2, 0) is 11.3 Å². The van der Waals surface area contributed by atoms with E-state index in [4.69, 9.17) is 10.5 Å². The van der Waals surface area contributed by atoms with Crippen molar-refractivity contribution >= 4 is 39.1 Å². The molecule has 0 aromatic carbocycles. The molecule has 0 bridgehead atoms. The Bertz CT molecular complexity index is 808. The monoisotopic (exact) mass is 331 g/mol. The number of anilines is 3. The summed E-state index contributed by atoms with van der Waals surface area (Å²) < 4.78 is 7.34. The molecule has 9 heteroatoms. The van der Waals surface area contributed by atoms with Crippen molar-refractivity contribution in [2.24, 2.45) is 5.92 Å². The minimum atomic E-state index is 0.383. The van der Waals surface area contributed by atoms with Crippen LogP contribution in [0.3, 0.4) is 0 Å². The van der Waals surface area contributed by atoms with Gasteiger partial charge in [0.05, 0.1) is 17.4 Å². The zero-order chi connectivity index (χ0) is 15.6. The average Bonchev–Trinajstić information content (AvgIpc) is 3.18. The zero-order valence-electron chi connectivity index (χ0n) is 12.5. The highest BCUT2D eigenvalue weighted by atomic mass is 32.1. The molecule has 1 saturated heterocycles. The van der Waals surface area contributed by atoms with Crippen LogP contribution in [0.25, 0.3) is 10.3 Å². The summed E-state index contributed by atoms with van der Waals surface area (Å²) in [4.78, 5) is 13.6. The lowest BCUT2D eigenvalue weighted by Crippen LogP contribution is -2.20. The molecule has 0 atom stereocenters. The number of aromatic nitrogens is 5. The van der Waals surface area contributed by atoms with Gasteiger partial charge in [-0.05, 0) is 18.8 Å². The molecule has 120 valence electrons. The highest BCUT2D eigenvalue weighted by Gasteiger charge is 2.15. The predicted molar refractivity (Wildman–Crippen MR) is 88.7 cm³/mol. The van der Waals surface area contributed by atoms with Crippen molar-refractivity contribution in [3.63, 3.8) is 0 Å². The third-order valence-electron chi connectivity index (χ3n) is 3.90. The van der Waals surface area contributed by atoms with Crippen molar-refractivity contribution in [3.8, 4) is 0 Å². The molecule has 4 heterocycles. The summed E-state index contributed by atoms with van der Waals surface area (Å²) in [5.41, 5.74) is 9.11. The van der Waals surface area contributed by atoms with Crippen molar-refractivity contribution in [2.45, 2.75) is 19.4 Å². The summed E-state index contributed by atoms with van der Waals surface area (Å²) in [5.74, 6) is 1.47. The van der Waals surface area contributed by atoms with E-state index in [1.54, 1.807) is 11.7 Å². The van der Waals surface area contributed by atoms with E-state index < -0.39 is 0 Å². The molecule has 0 radical (unpaired) electrons. The second-order valence-electron chi connectivity index (χ2n) is 5.57. The van der Waals surface area contributed by atoms with Gasteiger partial charge in [0.15, 0.2) is 10.6 Å². The Hall–Kier alpha value is -2.26. The van der Waals surface area contributed by atoms with Gasteiger partial charge in [0, 0.05) is 26.0 Å². The van der Waals surface area contributed by atoms with Crippen molar-refractivity contribution < 1.29 is 4.74 Å². The fourth-order valence-corrected chi connectivity index (χ4v) is 3.36. The van der Waals surface area contributed by atoms with Crippen LogP contribution >= 0.6 is 11.3 Å². The maximum absolute atomic E-state index is 5.90. The van der Waals surface area contributed by atoms with Gasteiger partial charge in [-0.25, -0.2) is 4.98 Å². The summed E-state index contributed by atoms with van der Waals surface area (Å²) in [7, 11) is 0. The quantitative estimate of drug-likeness (QED) is 0.754. The first-order chi connectivity index (χ1) is 11.3. The van der Waals surface area contributed by atoms with Gasteiger partial charge in [-0.15, -0.1) is 11.3 Å². The third-order valence-corrected chi connectivity index (χ3v) is 4.62. The van der Waals surface area contributed by atoms with Gasteiger partial charge in [-0.3, -0.25) is 4.68 Å². The van der Waals surface area contributed by atoms with Crippen molar-refractivity contribution in [2.75, 3.05) is 24.3 Å². The van der Waals surface area contributed by atoms with E-state index in [1.807, 2.05) is 10.9 Å². The molecule has 1 aliphatic rings. The number of hydrogen-bond acceptors (Lipinski definition) is 8. The third kappa shape index (κ3) is 3.10. The standard InChI is InChI=1S/C14H17N7OS/c15-12-11-13(23-8-16-11)20-14(19-12)18-10-5-17-21(7-10)6-9-1-3-22-4-2-9/h5,7-9H,1-4,6H2,(H3,15,18,19,20). The molecular weight excluding hydrogens is 314 g/mol. The number of nitrogens with zero attached hydrogens (tertiary/aromatic N) is 5. The van der Waals surface area contributed by atoms with Gasteiger partial charge in [0.1, 0.15) is 5.52 Å². The Morgan fingerprint density at radius 2 is 2.22 bits per heavy atom. The lowest BCUT2D eigenvalue weighted by atomic mass is 10.0. The lowest BCUT2D eigenvalue weighted by molar-refractivity contribution is 0.0601. The molecule has 1 fully saturated rings. The lowest BCUT2D eigenvalue weighted by Gasteiger charge is -2.21. The number of fused-ring (bicyclic) bond motifs is 1. The summed E-state index contributed by atoms with van der Waals surface area (Å²) in [6.07, 6.45) is 5.91. The van der Waals surface area contributed by atoms with Crippen LogP contribution in [-0.4, -0.2) is 37.9 Å². The minimum absolute atomic E-state index is 0.383. The molecule has 8 nitrogen and oxygen atoms in total. The van der Waals surface area contributed by atoms with Crippen molar-refractivity contribution in [3.05, 3.63) is 17.9 Å². The number of ether oxygens (including phenoxy) is 1. The maximum atomic E-state index is 5.90. The van der Waals surface area contributed by atoms with Gasteiger partial charge in [0.25, 0.3) is 0 Å². The number of hydrogen-bond donors (Lipinski definition) is 2. The van der Waals surface area contributed by atoms with Gasteiger partial charge in [0.2, 0.25) is 5.95 Å². The molecule has 23 heavy (non-hydrogen) atoms. The minimum Gasteiger partial charge on any atom is -0.382 e. The largest absolute Gasteiger partial charge is 0.382 e. The smallest absolute Gasteiger partial charge is 0.230 e. The van der Waals surface area contributed by atoms with Crippen LogP contribution < -0.4 is 11.1 Å². The number of rotatable bonds is 4. The second kappa shape index (κ2) is 6.09. The SMILES string of the molecule is Nc1nc(Nc2cnn(CC3CCOCC3)c2)nc2scnc12. The van der Waals surface area contributed by atoms with Gasteiger partial charge < -0.3 is 15.8 Å². The average molecular weight is 331 g/mol. The van der Waals surface area contributed by atoms with E-state index in [-0.39, 0.29) is 0 Å². The van der Waals surface area contributed by atoms with Crippen LogP contribution in [0.2, 0.25) is 0 Å². The number of nitrogens with one attached hydrogen (secondary N) is 1. The normalized spacial score (nSPS) is 16.0. The molecule has 0 amide bonds. The number of thiazole rings is 1. The Morgan fingerprint density at radius 1 is 1.35 bits per heavy atom. The van der Waals surface area contributed by atoms with Crippen LogP contribution in [0.15, 0.2) is 17.9 Å². The molecule has 0 unspecified atom stereocenters. The van der Waals surface area contributed by atoms with Crippen LogP contribution in [0.1, 0.15) is 12.8 Å². The molecule has 4 rings (SSSR count). The first-order valence-electron chi connectivity index (χ1n) is 7.52. The predicted octanol–water partition coefficient (Wildman–Crippen LogP) is 2.04. The number of nitrogens with two attached hydrogens (primary N) is 1. The van der Waals surface area contributed by atoms with Crippen LogP contribution in [0, 0.1) is 5.92 Å². The highest BCUT2D eigenvalue weighted by Crippen LogP contribution is 2.23. The highest BCUT2D eigenvalue weighted by molar-refractivity contribution is 7.16. The Kier molecular flexibility index (Phi) is 3.80.